The van der Waals surface area contributed by atoms with Gasteiger partial charge in [-0.05, 0) is 94.0 Å². The van der Waals surface area contributed by atoms with E-state index in [9.17, 15) is 30.8 Å². The van der Waals surface area contributed by atoms with Crippen molar-refractivity contribution in [1.82, 2.24) is 19.2 Å². The zero-order chi connectivity index (χ0) is 47.5. The van der Waals surface area contributed by atoms with Gasteiger partial charge in [0.05, 0.1) is 9.79 Å². The van der Waals surface area contributed by atoms with Gasteiger partial charge in [0, 0.05) is 37.7 Å². The van der Waals surface area contributed by atoms with Crippen molar-refractivity contribution in [2.24, 2.45) is 0 Å². The van der Waals surface area contributed by atoms with Gasteiger partial charge in [-0.1, -0.05) is 127 Å². The minimum absolute atomic E-state index is 0.158. The van der Waals surface area contributed by atoms with Crippen LogP contribution in [-0.4, -0.2) is 72.6 Å². The SMILES string of the molecule is O=C(NCc1ccc(F)cc1)C1SCCN1S(=O)(=O)c1ccc(-c2ccccc2)cc1.O=C(NCc1ccc(Oc2ccccc2)cc1)C1SCCN1S(=O)(=O)c1ccc(-c2ccccc2)cc1. The summed E-state index contributed by atoms with van der Waals surface area (Å²) in [7, 11) is -7.63. The van der Waals surface area contributed by atoms with Crippen LogP contribution in [0.1, 0.15) is 11.1 Å². The zero-order valence-corrected chi connectivity index (χ0v) is 39.8. The molecule has 7 aromatic carbocycles. The molecular formula is C52H47FN4O7S4. The van der Waals surface area contributed by atoms with E-state index >= 15 is 0 Å². The molecule has 0 spiro atoms. The summed E-state index contributed by atoms with van der Waals surface area (Å²) in [6.07, 6.45) is 0. The highest BCUT2D eigenvalue weighted by molar-refractivity contribution is 8.02. The van der Waals surface area contributed by atoms with Gasteiger partial charge in [-0.15, -0.1) is 23.5 Å². The zero-order valence-electron chi connectivity index (χ0n) is 36.6. The minimum atomic E-state index is -3.82. The van der Waals surface area contributed by atoms with Gasteiger partial charge in [0.15, 0.2) is 0 Å². The van der Waals surface area contributed by atoms with Gasteiger partial charge in [0.2, 0.25) is 31.9 Å². The number of rotatable bonds is 14. The summed E-state index contributed by atoms with van der Waals surface area (Å²) in [5, 5.41) is 4.00. The number of nitrogens with zero attached hydrogens (tertiary/aromatic N) is 2. The van der Waals surface area contributed by atoms with Crippen LogP contribution >= 0.6 is 23.5 Å². The number of benzene rings is 7. The molecule has 0 bridgehead atoms. The first-order chi connectivity index (χ1) is 33.0. The van der Waals surface area contributed by atoms with Crippen LogP contribution in [0.3, 0.4) is 0 Å². The standard InChI is InChI=1S/C29H26N2O4S2.C23H21FN2O3S2/c32-28(30-21-22-11-15-26(16-12-22)35-25-9-5-2-6-10-25)29-31(19-20-36-29)37(33,34)27-17-13-24(14-18-27)23-7-3-1-4-8-23;24-20-10-6-17(7-11-20)16-25-22(27)23-26(14-15-30-23)31(28,29)21-12-8-19(9-13-21)18-4-2-1-3-5-18/h1-18,29H,19-21H2,(H,30,32);1-13,23H,14-16H2,(H,25,27). The highest BCUT2D eigenvalue weighted by Gasteiger charge is 2.41. The highest BCUT2D eigenvalue weighted by Crippen LogP contribution is 2.33. The van der Waals surface area contributed by atoms with Gasteiger partial charge in [-0.2, -0.15) is 8.61 Å². The van der Waals surface area contributed by atoms with E-state index in [4.69, 9.17) is 4.74 Å². The lowest BCUT2D eigenvalue weighted by atomic mass is 10.1. The van der Waals surface area contributed by atoms with E-state index in [0.717, 1.165) is 39.1 Å². The molecule has 0 aliphatic carbocycles. The summed E-state index contributed by atoms with van der Waals surface area (Å²) in [6.45, 7) is 1.05. The van der Waals surface area contributed by atoms with Gasteiger partial charge in [-0.3, -0.25) is 9.59 Å². The predicted octanol–water partition coefficient (Wildman–Crippen LogP) is 9.40. The third-order valence-corrected chi connectivity index (χ3v) is 17.5. The van der Waals surface area contributed by atoms with Crippen LogP contribution in [0, 0.1) is 5.82 Å². The van der Waals surface area contributed by atoms with Crippen molar-refractivity contribution in [3.63, 3.8) is 0 Å². The highest BCUT2D eigenvalue weighted by atomic mass is 32.2. The Labute approximate surface area is 404 Å². The van der Waals surface area contributed by atoms with Crippen LogP contribution in [0.25, 0.3) is 22.3 Å². The Morgan fingerprint density at radius 2 is 0.838 bits per heavy atom. The number of hydrogen-bond donors (Lipinski definition) is 2. The molecule has 11 nitrogen and oxygen atoms in total. The second-order valence-electron chi connectivity index (χ2n) is 15.6. The van der Waals surface area contributed by atoms with Gasteiger partial charge in [0.25, 0.3) is 0 Å². The number of halogens is 1. The van der Waals surface area contributed by atoms with Crippen LogP contribution in [0.5, 0.6) is 11.5 Å². The molecule has 9 rings (SSSR count). The molecule has 68 heavy (non-hydrogen) atoms. The maximum atomic E-state index is 13.4. The van der Waals surface area contributed by atoms with Crippen molar-refractivity contribution in [3.8, 4) is 33.8 Å². The van der Waals surface area contributed by atoms with Crippen LogP contribution < -0.4 is 15.4 Å². The van der Waals surface area contributed by atoms with Gasteiger partial charge in [0.1, 0.15) is 28.1 Å². The molecule has 2 N–H and O–H groups in total. The molecule has 0 aromatic heterocycles. The molecule has 2 unspecified atom stereocenters. The predicted molar refractivity (Wildman–Crippen MR) is 267 cm³/mol. The summed E-state index contributed by atoms with van der Waals surface area (Å²) in [6, 6.07) is 55.7. The number of ether oxygens (including phenoxy) is 1. The van der Waals surface area contributed by atoms with Crippen molar-refractivity contribution in [2.45, 2.75) is 33.6 Å². The quantitative estimate of drug-likeness (QED) is 0.109. The lowest BCUT2D eigenvalue weighted by Gasteiger charge is -2.22. The lowest BCUT2D eigenvalue weighted by Crippen LogP contribution is -2.44. The molecule has 16 heteroatoms. The maximum Gasteiger partial charge on any atom is 0.249 e. The fourth-order valence-electron chi connectivity index (χ4n) is 7.44. The van der Waals surface area contributed by atoms with Crippen molar-refractivity contribution in [1.29, 1.82) is 0 Å². The van der Waals surface area contributed by atoms with E-state index in [0.29, 0.717) is 23.8 Å². The maximum absolute atomic E-state index is 13.4. The Hall–Kier alpha value is -6.27. The minimum Gasteiger partial charge on any atom is -0.457 e. The largest absolute Gasteiger partial charge is 0.457 e. The first-order valence-electron chi connectivity index (χ1n) is 21.7. The lowest BCUT2D eigenvalue weighted by molar-refractivity contribution is -0.123. The Balaban J connectivity index is 0.000000187. The van der Waals surface area contributed by atoms with Crippen LogP contribution in [-0.2, 0) is 42.7 Å². The molecule has 2 fully saturated rings. The molecule has 2 aliphatic rings. The van der Waals surface area contributed by atoms with E-state index in [1.54, 1.807) is 60.7 Å². The first kappa shape index (κ1) is 48.2. The Bertz CT molecular complexity index is 3010. The number of hydrogen-bond acceptors (Lipinski definition) is 9. The Morgan fingerprint density at radius 3 is 1.25 bits per heavy atom. The first-order valence-corrected chi connectivity index (χ1v) is 26.6. The van der Waals surface area contributed by atoms with Crippen LogP contribution in [0.15, 0.2) is 198 Å². The van der Waals surface area contributed by atoms with Gasteiger partial charge in [-0.25, -0.2) is 21.2 Å². The van der Waals surface area contributed by atoms with Crippen molar-refractivity contribution < 1.29 is 35.6 Å². The second kappa shape index (κ2) is 22.2. The summed E-state index contributed by atoms with van der Waals surface area (Å²) in [4.78, 5) is 26.0. The van der Waals surface area contributed by atoms with E-state index in [1.165, 1.54) is 44.3 Å². The molecule has 2 saturated heterocycles. The van der Waals surface area contributed by atoms with E-state index in [2.05, 4.69) is 10.6 Å². The van der Waals surface area contributed by atoms with E-state index in [-0.39, 0.29) is 47.1 Å². The summed E-state index contributed by atoms with van der Waals surface area (Å²) >= 11 is 2.63. The van der Waals surface area contributed by atoms with E-state index < -0.39 is 30.8 Å². The number of carbonyl (C=O) groups is 2. The third kappa shape index (κ3) is 11.9. The average Bonchev–Trinajstić information content (AvgIpc) is 4.10. The molecule has 0 saturated carbocycles. The number of para-hydroxylation sites is 1. The Kier molecular flexibility index (Phi) is 15.8. The number of sulfonamides is 2. The van der Waals surface area contributed by atoms with Gasteiger partial charge < -0.3 is 15.4 Å². The monoisotopic (exact) mass is 986 g/mol. The van der Waals surface area contributed by atoms with Crippen LogP contribution in [0.2, 0.25) is 0 Å². The molecule has 348 valence electrons. The molecule has 2 atom stereocenters. The number of carbonyl (C=O) groups excluding carboxylic acids is 2. The summed E-state index contributed by atoms with van der Waals surface area (Å²) in [5.74, 6) is 1.49. The molecule has 2 amide bonds. The fourth-order valence-corrected chi connectivity index (χ4v) is 13.6. The number of nitrogens with one attached hydrogen (secondary N) is 2. The molecular weight excluding hydrogens is 940 g/mol. The third-order valence-electron chi connectivity index (χ3n) is 11.0. The smallest absolute Gasteiger partial charge is 0.249 e. The molecule has 2 heterocycles. The average molecular weight is 987 g/mol. The van der Waals surface area contributed by atoms with Crippen molar-refractivity contribution in [2.75, 3.05) is 24.6 Å². The van der Waals surface area contributed by atoms with E-state index in [1.807, 2.05) is 115 Å². The normalized spacial score (nSPS) is 16.3. The van der Waals surface area contributed by atoms with Crippen molar-refractivity contribution >= 4 is 55.4 Å². The van der Waals surface area contributed by atoms with Crippen LogP contribution in [0.4, 0.5) is 4.39 Å². The number of amides is 2. The molecule has 7 aromatic rings. The van der Waals surface area contributed by atoms with Gasteiger partial charge >= 0.3 is 0 Å². The molecule has 0 radical (unpaired) electrons. The summed E-state index contributed by atoms with van der Waals surface area (Å²) < 4.78 is 74.5. The molecule has 2 aliphatic heterocycles. The topological polar surface area (TPSA) is 142 Å². The van der Waals surface area contributed by atoms with Crippen molar-refractivity contribution in [3.05, 3.63) is 205 Å². The Morgan fingerprint density at radius 1 is 0.485 bits per heavy atom. The second-order valence-corrected chi connectivity index (χ2v) is 21.7. The number of thioether (sulfide) groups is 2. The summed E-state index contributed by atoms with van der Waals surface area (Å²) in [5.41, 5.74) is 5.50. The fraction of sp³-hybridized carbons (Fsp3) is 0.154.